The number of likely N-dealkylation sites (tertiary alicyclic amines) is 1. The maximum Gasteiger partial charge on any atom is 0.0991 e. The molecule has 0 saturated carbocycles. The molecular weight excluding hydrogens is 294 g/mol. The van der Waals surface area contributed by atoms with Crippen LogP contribution in [0, 0.1) is 17.2 Å². The normalized spacial score (nSPS) is 17.7. The van der Waals surface area contributed by atoms with E-state index in [9.17, 15) is 0 Å². The van der Waals surface area contributed by atoms with Gasteiger partial charge in [0.2, 0.25) is 0 Å². The van der Waals surface area contributed by atoms with Crippen LogP contribution in [0.1, 0.15) is 23.1 Å². The van der Waals surface area contributed by atoms with Crippen LogP contribution in [0.25, 0.3) is 0 Å². The molecular formula is C21H25N3. The number of hydrogen-bond donors (Lipinski definition) is 1. The Labute approximate surface area is 144 Å². The van der Waals surface area contributed by atoms with Crippen LogP contribution >= 0.6 is 0 Å². The SMILES string of the molecule is N#Cc1cccc(CNC[C@H]2CCN(CCc3ccccc3)C2)c1. The van der Waals surface area contributed by atoms with Crippen LogP contribution in [0.5, 0.6) is 0 Å². The van der Waals surface area contributed by atoms with Crippen LogP contribution in [-0.4, -0.2) is 31.1 Å². The molecule has 0 amide bonds. The van der Waals surface area contributed by atoms with Crippen LogP contribution < -0.4 is 5.32 Å². The molecule has 3 nitrogen and oxygen atoms in total. The molecule has 1 N–H and O–H groups in total. The van der Waals surface area contributed by atoms with E-state index >= 15 is 0 Å². The van der Waals surface area contributed by atoms with Crippen LogP contribution in [0.15, 0.2) is 54.6 Å². The second-order valence-electron chi connectivity index (χ2n) is 6.63. The van der Waals surface area contributed by atoms with Crippen molar-refractivity contribution >= 4 is 0 Å². The van der Waals surface area contributed by atoms with Crippen molar-refractivity contribution in [3.05, 3.63) is 71.3 Å². The standard InChI is InChI=1S/C21H25N3/c22-14-19-7-4-8-20(13-19)15-23-16-21-10-12-24(17-21)11-9-18-5-2-1-3-6-18/h1-8,13,21,23H,9-12,15-17H2/t21-/m1/s1. The minimum atomic E-state index is 0.736. The van der Waals surface area contributed by atoms with Gasteiger partial charge in [-0.2, -0.15) is 5.26 Å². The molecule has 1 heterocycles. The predicted molar refractivity (Wildman–Crippen MR) is 97.6 cm³/mol. The Bertz CT molecular complexity index is 675. The number of rotatable bonds is 7. The zero-order valence-electron chi connectivity index (χ0n) is 14.1. The quantitative estimate of drug-likeness (QED) is 0.852. The molecule has 0 aromatic heterocycles. The second-order valence-corrected chi connectivity index (χ2v) is 6.63. The molecule has 1 aliphatic heterocycles. The number of benzene rings is 2. The predicted octanol–water partition coefficient (Wildman–Crippen LogP) is 3.21. The maximum absolute atomic E-state index is 8.95. The number of nitriles is 1. The van der Waals surface area contributed by atoms with Crippen LogP contribution in [-0.2, 0) is 13.0 Å². The molecule has 1 aliphatic rings. The first-order chi connectivity index (χ1) is 11.8. The van der Waals surface area contributed by atoms with Gasteiger partial charge in [-0.15, -0.1) is 0 Å². The lowest BCUT2D eigenvalue weighted by molar-refractivity contribution is 0.325. The Hall–Kier alpha value is -2.15. The first-order valence-corrected chi connectivity index (χ1v) is 8.79. The van der Waals surface area contributed by atoms with Crippen molar-refractivity contribution < 1.29 is 0 Å². The summed E-state index contributed by atoms with van der Waals surface area (Å²) in [6, 6.07) is 20.8. The third-order valence-corrected chi connectivity index (χ3v) is 4.75. The Balaban J connectivity index is 1.36. The Morgan fingerprint density at radius 3 is 2.75 bits per heavy atom. The zero-order valence-corrected chi connectivity index (χ0v) is 14.1. The van der Waals surface area contributed by atoms with Gasteiger partial charge in [-0.05, 0) is 55.1 Å². The smallest absolute Gasteiger partial charge is 0.0991 e. The van der Waals surface area contributed by atoms with Gasteiger partial charge in [0.15, 0.2) is 0 Å². The fourth-order valence-corrected chi connectivity index (χ4v) is 3.39. The lowest BCUT2D eigenvalue weighted by Crippen LogP contribution is -2.27. The van der Waals surface area contributed by atoms with Crippen LogP contribution in [0.3, 0.4) is 0 Å². The topological polar surface area (TPSA) is 39.1 Å². The van der Waals surface area contributed by atoms with E-state index in [4.69, 9.17) is 5.26 Å². The molecule has 0 aliphatic carbocycles. The number of hydrogen-bond acceptors (Lipinski definition) is 3. The highest BCUT2D eigenvalue weighted by Gasteiger charge is 2.21. The summed E-state index contributed by atoms with van der Waals surface area (Å²) < 4.78 is 0. The molecule has 0 spiro atoms. The zero-order chi connectivity index (χ0) is 16.6. The molecule has 1 atom stereocenters. The van der Waals surface area contributed by atoms with E-state index in [-0.39, 0.29) is 0 Å². The molecule has 0 unspecified atom stereocenters. The van der Waals surface area contributed by atoms with E-state index in [0.717, 1.165) is 37.5 Å². The average molecular weight is 319 g/mol. The molecule has 2 aromatic rings. The highest BCUT2D eigenvalue weighted by molar-refractivity contribution is 5.32. The van der Waals surface area contributed by atoms with Crippen LogP contribution in [0.4, 0.5) is 0 Å². The first-order valence-electron chi connectivity index (χ1n) is 8.79. The van der Waals surface area contributed by atoms with E-state index in [1.807, 2.05) is 18.2 Å². The summed E-state index contributed by atoms with van der Waals surface area (Å²) in [7, 11) is 0. The van der Waals surface area contributed by atoms with Gasteiger partial charge in [0.1, 0.15) is 0 Å². The lowest BCUT2D eigenvalue weighted by Gasteiger charge is -2.16. The van der Waals surface area contributed by atoms with Crippen molar-refractivity contribution in [2.75, 3.05) is 26.2 Å². The molecule has 3 rings (SSSR count). The van der Waals surface area contributed by atoms with Gasteiger partial charge >= 0.3 is 0 Å². The minimum absolute atomic E-state index is 0.736. The monoisotopic (exact) mass is 319 g/mol. The molecule has 3 heteroatoms. The van der Waals surface area contributed by atoms with E-state index in [2.05, 4.69) is 52.7 Å². The van der Waals surface area contributed by atoms with Gasteiger partial charge in [-0.3, -0.25) is 0 Å². The maximum atomic E-state index is 8.95. The minimum Gasteiger partial charge on any atom is -0.312 e. The van der Waals surface area contributed by atoms with E-state index in [1.165, 1.54) is 30.6 Å². The van der Waals surface area contributed by atoms with E-state index in [1.54, 1.807) is 0 Å². The fourth-order valence-electron chi connectivity index (χ4n) is 3.39. The molecule has 2 aromatic carbocycles. The summed E-state index contributed by atoms with van der Waals surface area (Å²) in [6.45, 7) is 5.46. The summed E-state index contributed by atoms with van der Waals surface area (Å²) in [6.07, 6.45) is 2.42. The first kappa shape index (κ1) is 16.7. The fraction of sp³-hybridized carbons (Fsp3) is 0.381. The van der Waals surface area contributed by atoms with E-state index < -0.39 is 0 Å². The highest BCUT2D eigenvalue weighted by Crippen LogP contribution is 2.16. The molecule has 124 valence electrons. The summed E-state index contributed by atoms with van der Waals surface area (Å²) >= 11 is 0. The van der Waals surface area contributed by atoms with Gasteiger partial charge in [0, 0.05) is 19.6 Å². The second kappa shape index (κ2) is 8.63. The summed E-state index contributed by atoms with van der Waals surface area (Å²) in [5.41, 5.74) is 3.35. The highest BCUT2D eigenvalue weighted by atomic mass is 15.1. The van der Waals surface area contributed by atoms with Gasteiger partial charge in [-0.1, -0.05) is 42.5 Å². The van der Waals surface area contributed by atoms with Crippen molar-refractivity contribution in [1.82, 2.24) is 10.2 Å². The third kappa shape index (κ3) is 4.92. The molecule has 1 saturated heterocycles. The molecule has 0 radical (unpaired) electrons. The number of nitrogens with zero attached hydrogens (tertiary/aromatic N) is 2. The Kier molecular flexibility index (Phi) is 6.01. The lowest BCUT2D eigenvalue weighted by atomic mass is 10.1. The van der Waals surface area contributed by atoms with Gasteiger partial charge in [-0.25, -0.2) is 0 Å². The third-order valence-electron chi connectivity index (χ3n) is 4.75. The average Bonchev–Trinajstić information content (AvgIpc) is 3.09. The summed E-state index contributed by atoms with van der Waals surface area (Å²) in [5, 5.41) is 12.5. The van der Waals surface area contributed by atoms with Gasteiger partial charge in [0.25, 0.3) is 0 Å². The van der Waals surface area contributed by atoms with Crippen LogP contribution in [0.2, 0.25) is 0 Å². The van der Waals surface area contributed by atoms with Crippen molar-refractivity contribution in [2.45, 2.75) is 19.4 Å². The van der Waals surface area contributed by atoms with E-state index in [0.29, 0.717) is 0 Å². The largest absolute Gasteiger partial charge is 0.312 e. The molecule has 1 fully saturated rings. The summed E-state index contributed by atoms with van der Waals surface area (Å²) in [4.78, 5) is 2.58. The van der Waals surface area contributed by atoms with Crippen molar-refractivity contribution in [3.8, 4) is 6.07 Å². The van der Waals surface area contributed by atoms with Gasteiger partial charge < -0.3 is 10.2 Å². The Morgan fingerprint density at radius 1 is 1.08 bits per heavy atom. The van der Waals surface area contributed by atoms with Crippen molar-refractivity contribution in [3.63, 3.8) is 0 Å². The van der Waals surface area contributed by atoms with Crippen molar-refractivity contribution in [1.29, 1.82) is 5.26 Å². The summed E-state index contributed by atoms with van der Waals surface area (Å²) in [5.74, 6) is 0.736. The van der Waals surface area contributed by atoms with Crippen molar-refractivity contribution in [2.24, 2.45) is 5.92 Å². The Morgan fingerprint density at radius 2 is 1.92 bits per heavy atom. The molecule has 0 bridgehead atoms. The van der Waals surface area contributed by atoms with Gasteiger partial charge in [0.05, 0.1) is 11.6 Å². The number of nitrogens with one attached hydrogen (secondary N) is 1. The molecule has 24 heavy (non-hydrogen) atoms.